The first kappa shape index (κ1) is 16.4. The van der Waals surface area contributed by atoms with Crippen molar-refractivity contribution in [3.8, 4) is 0 Å². The molecular weight excluding hydrogens is 350 g/mol. The van der Waals surface area contributed by atoms with Crippen LogP contribution in [-0.4, -0.2) is 30.5 Å². The number of nitrogens with two attached hydrogens (primary N) is 1. The predicted molar refractivity (Wildman–Crippen MR) is 101 cm³/mol. The van der Waals surface area contributed by atoms with Crippen LogP contribution in [0.15, 0.2) is 18.2 Å². The third-order valence-electron chi connectivity index (χ3n) is 4.27. The average molecular weight is 367 g/mol. The van der Waals surface area contributed by atoms with Crippen molar-refractivity contribution in [2.24, 2.45) is 0 Å². The minimum Gasteiger partial charge on any atom is -0.366 e. The van der Waals surface area contributed by atoms with Gasteiger partial charge in [0, 0.05) is 17.0 Å². The number of thiazole rings is 1. The highest BCUT2D eigenvalue weighted by Crippen LogP contribution is 2.28. The maximum atomic E-state index is 12.5. The summed E-state index contributed by atoms with van der Waals surface area (Å²) in [5, 5.41) is 7.60. The Kier molecular flexibility index (Phi) is 3.80. The van der Waals surface area contributed by atoms with Gasteiger partial charge < -0.3 is 11.1 Å². The molecule has 0 bridgehead atoms. The molecule has 8 nitrogen and oxygen atoms in total. The summed E-state index contributed by atoms with van der Waals surface area (Å²) >= 11 is 1.46. The molecule has 0 fully saturated rings. The highest BCUT2D eigenvalue weighted by molar-refractivity contribution is 7.22. The van der Waals surface area contributed by atoms with Crippen LogP contribution >= 0.6 is 11.3 Å². The molecule has 0 radical (unpaired) electrons. The van der Waals surface area contributed by atoms with E-state index < -0.39 is 0 Å². The Labute approximate surface area is 153 Å². The molecule has 0 aliphatic heterocycles. The van der Waals surface area contributed by atoms with E-state index in [4.69, 9.17) is 5.73 Å². The number of hydrogen-bond donors (Lipinski definition) is 2. The molecule has 0 aliphatic carbocycles. The third kappa shape index (κ3) is 2.76. The highest BCUT2D eigenvalue weighted by atomic mass is 32.1. The zero-order valence-corrected chi connectivity index (χ0v) is 15.4. The Bertz CT molecular complexity index is 1160. The van der Waals surface area contributed by atoms with Crippen molar-refractivity contribution in [3.63, 3.8) is 0 Å². The van der Waals surface area contributed by atoms with Gasteiger partial charge >= 0.3 is 0 Å². The van der Waals surface area contributed by atoms with Crippen LogP contribution in [0.2, 0.25) is 0 Å². The summed E-state index contributed by atoms with van der Waals surface area (Å²) in [7, 11) is 0. The Morgan fingerprint density at radius 2 is 2.04 bits per heavy atom. The number of carbonyl (C=O) groups is 1. The van der Waals surface area contributed by atoms with Gasteiger partial charge in [-0.05, 0) is 32.4 Å². The Hall–Kier alpha value is -3.07. The molecule has 0 saturated heterocycles. The van der Waals surface area contributed by atoms with Gasteiger partial charge in [-0.15, -0.1) is 5.10 Å². The lowest BCUT2D eigenvalue weighted by Crippen LogP contribution is -2.17. The van der Waals surface area contributed by atoms with Gasteiger partial charge in [0.15, 0.2) is 5.13 Å². The maximum absolute atomic E-state index is 12.5. The van der Waals surface area contributed by atoms with E-state index in [0.29, 0.717) is 10.9 Å². The second-order valence-corrected chi connectivity index (χ2v) is 7.14. The number of anilines is 2. The van der Waals surface area contributed by atoms with Crippen LogP contribution in [0.25, 0.3) is 16.0 Å². The molecule has 4 aromatic rings. The fraction of sp³-hybridized carbons (Fsp3) is 0.235. The Morgan fingerprint density at radius 1 is 1.23 bits per heavy atom. The van der Waals surface area contributed by atoms with Crippen molar-refractivity contribution in [1.82, 2.24) is 24.6 Å². The van der Waals surface area contributed by atoms with Crippen molar-refractivity contribution < 1.29 is 4.79 Å². The monoisotopic (exact) mass is 367 g/mol. The van der Waals surface area contributed by atoms with Crippen LogP contribution in [-0.2, 0) is 11.2 Å². The molecule has 4 rings (SSSR count). The van der Waals surface area contributed by atoms with E-state index in [1.807, 2.05) is 39.0 Å². The van der Waals surface area contributed by atoms with Gasteiger partial charge in [-0.1, -0.05) is 23.5 Å². The molecule has 0 saturated carbocycles. The normalized spacial score (nSPS) is 11.3. The fourth-order valence-corrected chi connectivity index (χ4v) is 3.90. The number of rotatable bonds is 3. The molecule has 3 heterocycles. The molecule has 3 aromatic heterocycles. The number of fused-ring (bicyclic) bond motifs is 2. The quantitative estimate of drug-likeness (QED) is 0.575. The largest absolute Gasteiger partial charge is 0.366 e. The van der Waals surface area contributed by atoms with Crippen molar-refractivity contribution in [3.05, 3.63) is 40.7 Å². The van der Waals surface area contributed by atoms with E-state index >= 15 is 0 Å². The topological polar surface area (TPSA) is 111 Å². The average Bonchev–Trinajstić information content (AvgIpc) is 3.15. The molecule has 1 amide bonds. The highest BCUT2D eigenvalue weighted by Gasteiger charge is 2.16. The summed E-state index contributed by atoms with van der Waals surface area (Å²) in [6.45, 7) is 5.73. The van der Waals surface area contributed by atoms with Gasteiger partial charge in [0.25, 0.3) is 5.78 Å². The first-order valence-corrected chi connectivity index (χ1v) is 8.88. The lowest BCUT2D eigenvalue weighted by molar-refractivity contribution is -0.115. The number of benzene rings is 1. The van der Waals surface area contributed by atoms with E-state index in [-0.39, 0.29) is 18.3 Å². The summed E-state index contributed by atoms with van der Waals surface area (Å²) < 4.78 is 2.61. The fourth-order valence-electron chi connectivity index (χ4n) is 2.94. The first-order valence-electron chi connectivity index (χ1n) is 8.06. The number of nitrogens with zero attached hydrogens (tertiary/aromatic N) is 5. The van der Waals surface area contributed by atoms with E-state index in [9.17, 15) is 4.79 Å². The zero-order valence-electron chi connectivity index (χ0n) is 14.6. The SMILES string of the molecule is Cc1nc2nc(N)nn2c(C)c1CC(=O)Nc1nc2c(C)cccc2s1. The second kappa shape index (κ2) is 6.03. The number of amides is 1. The number of hydrogen-bond acceptors (Lipinski definition) is 7. The van der Waals surface area contributed by atoms with Crippen molar-refractivity contribution >= 4 is 44.3 Å². The minimum atomic E-state index is -0.151. The molecule has 0 unspecified atom stereocenters. The lowest BCUT2D eigenvalue weighted by atomic mass is 10.1. The standard InChI is InChI=1S/C17H17N7OS/c1-8-5-4-6-12-14(8)21-17(26-12)20-13(25)7-11-9(2)19-16-22-15(18)23-24(16)10(11)3/h4-6H,7H2,1-3H3,(H2,18,23)(H,20,21,25). The molecule has 0 aliphatic rings. The van der Waals surface area contributed by atoms with Crippen LogP contribution in [0.1, 0.15) is 22.5 Å². The van der Waals surface area contributed by atoms with E-state index in [1.54, 1.807) is 4.52 Å². The predicted octanol–water partition coefficient (Wildman–Crippen LogP) is 2.42. The number of para-hydroxylation sites is 1. The van der Waals surface area contributed by atoms with Crippen molar-refractivity contribution in [2.75, 3.05) is 11.1 Å². The number of aryl methyl sites for hydroxylation is 3. The molecule has 3 N–H and O–H groups in total. The van der Waals surface area contributed by atoms with Gasteiger partial charge in [0.05, 0.1) is 16.6 Å². The summed E-state index contributed by atoms with van der Waals surface area (Å²) in [5.41, 5.74) is 9.98. The van der Waals surface area contributed by atoms with Gasteiger partial charge in [-0.3, -0.25) is 4.79 Å². The zero-order chi connectivity index (χ0) is 18.4. The van der Waals surface area contributed by atoms with Crippen LogP contribution < -0.4 is 11.1 Å². The Morgan fingerprint density at radius 3 is 2.81 bits per heavy atom. The van der Waals surface area contributed by atoms with Gasteiger partial charge in [0.2, 0.25) is 11.9 Å². The van der Waals surface area contributed by atoms with Crippen LogP contribution in [0, 0.1) is 20.8 Å². The van der Waals surface area contributed by atoms with Crippen LogP contribution in [0.5, 0.6) is 0 Å². The van der Waals surface area contributed by atoms with E-state index in [1.165, 1.54) is 11.3 Å². The molecule has 132 valence electrons. The first-order chi connectivity index (χ1) is 12.4. The van der Waals surface area contributed by atoms with Crippen LogP contribution in [0.4, 0.5) is 11.1 Å². The summed E-state index contributed by atoms with van der Waals surface area (Å²) in [5.74, 6) is 0.442. The van der Waals surface area contributed by atoms with E-state index in [0.717, 1.165) is 32.7 Å². The summed E-state index contributed by atoms with van der Waals surface area (Å²) in [6, 6.07) is 5.99. The number of nitrogens with one attached hydrogen (secondary N) is 1. The molecule has 9 heteroatoms. The third-order valence-corrected chi connectivity index (χ3v) is 5.21. The van der Waals surface area contributed by atoms with Gasteiger partial charge in [0.1, 0.15) is 0 Å². The number of carbonyl (C=O) groups excluding carboxylic acids is 1. The van der Waals surface area contributed by atoms with Gasteiger partial charge in [-0.2, -0.15) is 9.50 Å². The van der Waals surface area contributed by atoms with E-state index in [2.05, 4.69) is 25.4 Å². The van der Waals surface area contributed by atoms with Crippen molar-refractivity contribution in [2.45, 2.75) is 27.2 Å². The lowest BCUT2D eigenvalue weighted by Gasteiger charge is -2.09. The Balaban J connectivity index is 1.61. The molecule has 0 atom stereocenters. The minimum absolute atomic E-state index is 0.151. The van der Waals surface area contributed by atoms with Gasteiger partial charge in [-0.25, -0.2) is 9.97 Å². The molecule has 26 heavy (non-hydrogen) atoms. The molecule has 1 aromatic carbocycles. The summed E-state index contributed by atoms with van der Waals surface area (Å²) in [4.78, 5) is 25.5. The number of aromatic nitrogens is 5. The summed E-state index contributed by atoms with van der Waals surface area (Å²) in [6.07, 6.45) is 0.176. The van der Waals surface area contributed by atoms with Crippen molar-refractivity contribution in [1.29, 1.82) is 0 Å². The maximum Gasteiger partial charge on any atom is 0.254 e. The molecular formula is C17H17N7OS. The van der Waals surface area contributed by atoms with Crippen LogP contribution in [0.3, 0.4) is 0 Å². The molecule has 0 spiro atoms. The second-order valence-electron chi connectivity index (χ2n) is 6.11. The number of nitrogen functional groups attached to an aromatic ring is 1. The smallest absolute Gasteiger partial charge is 0.254 e.